The lowest BCUT2D eigenvalue weighted by atomic mass is 10.1. The maximum absolute atomic E-state index is 6.18. The van der Waals surface area contributed by atoms with Crippen LogP contribution in [0.5, 0.6) is 11.5 Å². The molecule has 146 valence electrons. The SMILES string of the molecule is COc1ccc(CCNc2ccnc(NCc3ccccc3Cl)n2)cc1OC. The summed E-state index contributed by atoms with van der Waals surface area (Å²) in [6.45, 7) is 1.30. The van der Waals surface area contributed by atoms with Crippen molar-refractivity contribution in [3.63, 3.8) is 0 Å². The number of hydrogen-bond acceptors (Lipinski definition) is 6. The van der Waals surface area contributed by atoms with Gasteiger partial charge in [-0.05, 0) is 41.8 Å². The average Bonchev–Trinajstić information content (AvgIpc) is 2.73. The van der Waals surface area contributed by atoms with Gasteiger partial charge in [-0.15, -0.1) is 0 Å². The van der Waals surface area contributed by atoms with Crippen molar-refractivity contribution in [2.24, 2.45) is 0 Å². The Kier molecular flexibility index (Phi) is 6.92. The van der Waals surface area contributed by atoms with E-state index in [-0.39, 0.29) is 0 Å². The first kappa shape index (κ1) is 19.8. The molecular weight excluding hydrogens is 376 g/mol. The predicted molar refractivity (Wildman–Crippen MR) is 113 cm³/mol. The minimum atomic E-state index is 0.552. The number of nitrogens with one attached hydrogen (secondary N) is 2. The van der Waals surface area contributed by atoms with Crippen molar-refractivity contribution in [1.29, 1.82) is 0 Å². The maximum Gasteiger partial charge on any atom is 0.224 e. The van der Waals surface area contributed by atoms with Crippen molar-refractivity contribution >= 4 is 23.4 Å². The number of anilines is 2. The van der Waals surface area contributed by atoms with Crippen LogP contribution in [0.1, 0.15) is 11.1 Å². The number of hydrogen-bond donors (Lipinski definition) is 2. The van der Waals surface area contributed by atoms with Gasteiger partial charge in [-0.3, -0.25) is 0 Å². The molecule has 0 saturated heterocycles. The van der Waals surface area contributed by atoms with Gasteiger partial charge in [-0.2, -0.15) is 4.98 Å². The molecule has 0 atom stereocenters. The minimum absolute atomic E-state index is 0.552. The summed E-state index contributed by atoms with van der Waals surface area (Å²) in [5.74, 6) is 2.77. The Morgan fingerprint density at radius 2 is 1.79 bits per heavy atom. The van der Waals surface area contributed by atoms with E-state index in [4.69, 9.17) is 21.1 Å². The van der Waals surface area contributed by atoms with E-state index in [1.807, 2.05) is 48.5 Å². The number of benzene rings is 2. The Labute approximate surface area is 169 Å². The fourth-order valence-electron chi connectivity index (χ4n) is 2.73. The maximum atomic E-state index is 6.18. The molecule has 1 aromatic heterocycles. The Balaban J connectivity index is 1.54. The molecule has 3 aromatic rings. The summed E-state index contributed by atoms with van der Waals surface area (Å²) in [5, 5.41) is 7.24. The van der Waals surface area contributed by atoms with Crippen molar-refractivity contribution in [2.45, 2.75) is 13.0 Å². The Hall–Kier alpha value is -2.99. The van der Waals surface area contributed by atoms with Gasteiger partial charge in [0.15, 0.2) is 11.5 Å². The fourth-order valence-corrected chi connectivity index (χ4v) is 2.93. The lowest BCUT2D eigenvalue weighted by molar-refractivity contribution is 0.354. The first-order valence-electron chi connectivity index (χ1n) is 8.94. The second-order valence-corrected chi connectivity index (χ2v) is 6.48. The molecule has 2 N–H and O–H groups in total. The van der Waals surface area contributed by atoms with Crippen LogP contribution < -0.4 is 20.1 Å². The van der Waals surface area contributed by atoms with Crippen LogP contribution in [-0.4, -0.2) is 30.7 Å². The number of aromatic nitrogens is 2. The average molecular weight is 399 g/mol. The van der Waals surface area contributed by atoms with E-state index in [2.05, 4.69) is 20.6 Å². The first-order chi connectivity index (χ1) is 13.7. The van der Waals surface area contributed by atoms with Crippen LogP contribution in [0.25, 0.3) is 0 Å². The summed E-state index contributed by atoms with van der Waals surface area (Å²) >= 11 is 6.18. The lowest BCUT2D eigenvalue weighted by Crippen LogP contribution is -2.09. The fraction of sp³-hybridized carbons (Fsp3) is 0.238. The van der Waals surface area contributed by atoms with Gasteiger partial charge in [0.1, 0.15) is 5.82 Å². The van der Waals surface area contributed by atoms with Crippen LogP contribution >= 0.6 is 11.6 Å². The van der Waals surface area contributed by atoms with Crippen LogP contribution in [0.3, 0.4) is 0 Å². The standard InChI is InChI=1S/C21H23ClN4O2/c1-27-18-8-7-15(13-19(18)28-2)9-11-23-20-10-12-24-21(26-20)25-14-16-5-3-4-6-17(16)22/h3-8,10,12-13H,9,11,14H2,1-2H3,(H2,23,24,25,26). The highest BCUT2D eigenvalue weighted by Gasteiger charge is 2.05. The summed E-state index contributed by atoms with van der Waals surface area (Å²) in [7, 11) is 3.27. The van der Waals surface area contributed by atoms with E-state index in [0.717, 1.165) is 46.4 Å². The third-order valence-electron chi connectivity index (χ3n) is 4.22. The van der Waals surface area contributed by atoms with Crippen LogP contribution in [0.4, 0.5) is 11.8 Å². The van der Waals surface area contributed by atoms with Gasteiger partial charge < -0.3 is 20.1 Å². The first-order valence-corrected chi connectivity index (χ1v) is 9.32. The third kappa shape index (κ3) is 5.27. The summed E-state index contributed by atoms with van der Waals surface area (Å²) in [4.78, 5) is 8.75. The summed E-state index contributed by atoms with van der Waals surface area (Å²) in [6, 6.07) is 15.5. The molecule has 7 heteroatoms. The van der Waals surface area contributed by atoms with E-state index in [9.17, 15) is 0 Å². The van der Waals surface area contributed by atoms with Gasteiger partial charge in [-0.25, -0.2) is 4.98 Å². The van der Waals surface area contributed by atoms with Gasteiger partial charge in [0, 0.05) is 24.3 Å². The number of rotatable bonds is 9. The molecule has 0 bridgehead atoms. The number of nitrogens with zero attached hydrogens (tertiary/aromatic N) is 2. The van der Waals surface area contributed by atoms with Crippen molar-refractivity contribution < 1.29 is 9.47 Å². The molecule has 1 heterocycles. The Bertz CT molecular complexity index is 920. The molecule has 0 fully saturated rings. The normalized spacial score (nSPS) is 10.4. The second kappa shape index (κ2) is 9.80. The molecule has 28 heavy (non-hydrogen) atoms. The highest BCUT2D eigenvalue weighted by molar-refractivity contribution is 6.31. The quantitative estimate of drug-likeness (QED) is 0.556. The van der Waals surface area contributed by atoms with Crippen molar-refractivity contribution in [3.8, 4) is 11.5 Å². The molecule has 0 saturated carbocycles. The molecule has 6 nitrogen and oxygen atoms in total. The van der Waals surface area contributed by atoms with E-state index in [1.165, 1.54) is 0 Å². The van der Waals surface area contributed by atoms with E-state index in [0.29, 0.717) is 12.5 Å². The van der Waals surface area contributed by atoms with Crippen molar-refractivity contribution in [2.75, 3.05) is 31.4 Å². The number of halogens is 1. The molecular formula is C21H23ClN4O2. The second-order valence-electron chi connectivity index (χ2n) is 6.08. The molecule has 3 rings (SSSR count). The molecule has 0 amide bonds. The molecule has 2 aromatic carbocycles. The minimum Gasteiger partial charge on any atom is -0.493 e. The van der Waals surface area contributed by atoms with Crippen molar-refractivity contribution in [3.05, 3.63) is 70.9 Å². The highest BCUT2D eigenvalue weighted by Crippen LogP contribution is 2.27. The lowest BCUT2D eigenvalue weighted by Gasteiger charge is -2.11. The molecule has 0 radical (unpaired) electrons. The van der Waals surface area contributed by atoms with Gasteiger partial charge in [-0.1, -0.05) is 35.9 Å². The van der Waals surface area contributed by atoms with Crippen LogP contribution in [0.2, 0.25) is 5.02 Å². The summed E-state index contributed by atoms with van der Waals surface area (Å²) in [6.07, 6.45) is 2.55. The smallest absolute Gasteiger partial charge is 0.224 e. The third-order valence-corrected chi connectivity index (χ3v) is 4.59. The topological polar surface area (TPSA) is 68.3 Å². The molecule has 0 unspecified atom stereocenters. The number of ether oxygens (including phenoxy) is 2. The largest absolute Gasteiger partial charge is 0.493 e. The van der Waals surface area contributed by atoms with Gasteiger partial charge in [0.2, 0.25) is 5.95 Å². The van der Waals surface area contributed by atoms with E-state index in [1.54, 1.807) is 20.4 Å². The predicted octanol–water partition coefficient (Wildman–Crippen LogP) is 4.41. The Morgan fingerprint density at radius 1 is 0.964 bits per heavy atom. The summed E-state index contributed by atoms with van der Waals surface area (Å²) in [5.41, 5.74) is 2.15. The number of methoxy groups -OCH3 is 2. The highest BCUT2D eigenvalue weighted by atomic mass is 35.5. The molecule has 0 aliphatic rings. The van der Waals surface area contributed by atoms with Crippen LogP contribution in [0.15, 0.2) is 54.7 Å². The van der Waals surface area contributed by atoms with Gasteiger partial charge in [0.25, 0.3) is 0 Å². The zero-order valence-corrected chi connectivity index (χ0v) is 16.7. The zero-order valence-electron chi connectivity index (χ0n) is 15.9. The van der Waals surface area contributed by atoms with E-state index < -0.39 is 0 Å². The molecule has 0 aliphatic heterocycles. The zero-order chi connectivity index (χ0) is 19.8. The van der Waals surface area contributed by atoms with Crippen LogP contribution in [-0.2, 0) is 13.0 Å². The monoisotopic (exact) mass is 398 g/mol. The van der Waals surface area contributed by atoms with Gasteiger partial charge >= 0.3 is 0 Å². The van der Waals surface area contributed by atoms with Crippen LogP contribution in [0, 0.1) is 0 Å². The summed E-state index contributed by atoms with van der Waals surface area (Å²) < 4.78 is 10.6. The molecule has 0 aliphatic carbocycles. The molecule has 0 spiro atoms. The Morgan fingerprint density at radius 3 is 2.57 bits per heavy atom. The van der Waals surface area contributed by atoms with Gasteiger partial charge in [0.05, 0.1) is 14.2 Å². The van der Waals surface area contributed by atoms with Crippen molar-refractivity contribution in [1.82, 2.24) is 9.97 Å². The van der Waals surface area contributed by atoms with E-state index >= 15 is 0 Å².